The van der Waals surface area contributed by atoms with Gasteiger partial charge in [0.25, 0.3) is 0 Å². The number of urea groups is 1. The first kappa shape index (κ1) is 18.0. The lowest BCUT2D eigenvalue weighted by Crippen LogP contribution is -2.52. The van der Waals surface area contributed by atoms with E-state index < -0.39 is 0 Å². The molecular formula is C21H27N3O3. The van der Waals surface area contributed by atoms with Crippen LogP contribution in [-0.2, 0) is 6.54 Å². The Labute approximate surface area is 159 Å². The summed E-state index contributed by atoms with van der Waals surface area (Å²) in [6, 6.07) is 5.92. The zero-order chi connectivity index (χ0) is 19.0. The number of aryl methyl sites for hydroxylation is 2. The topological polar surface area (TPSA) is 57.0 Å². The van der Waals surface area contributed by atoms with Gasteiger partial charge in [0.15, 0.2) is 0 Å². The predicted octanol–water partition coefficient (Wildman–Crippen LogP) is 2.74. The molecule has 0 radical (unpaired) electrons. The largest absolute Gasteiger partial charge is 0.422 e. The fourth-order valence-electron chi connectivity index (χ4n) is 4.10. The molecular weight excluding hydrogens is 342 g/mol. The molecule has 0 bridgehead atoms. The van der Waals surface area contributed by atoms with Crippen molar-refractivity contribution in [3.8, 4) is 0 Å². The van der Waals surface area contributed by atoms with E-state index >= 15 is 0 Å². The summed E-state index contributed by atoms with van der Waals surface area (Å²) >= 11 is 0. The molecule has 2 fully saturated rings. The van der Waals surface area contributed by atoms with Crippen molar-refractivity contribution in [2.45, 2.75) is 33.2 Å². The van der Waals surface area contributed by atoms with Crippen LogP contribution in [0.1, 0.15) is 29.5 Å². The zero-order valence-electron chi connectivity index (χ0n) is 16.2. The molecule has 27 heavy (non-hydrogen) atoms. The molecule has 0 atom stereocenters. The van der Waals surface area contributed by atoms with Gasteiger partial charge in [0.05, 0.1) is 0 Å². The van der Waals surface area contributed by atoms with E-state index in [2.05, 4.69) is 11.0 Å². The number of nitrogens with zero attached hydrogens (tertiary/aromatic N) is 3. The lowest BCUT2D eigenvalue weighted by Gasteiger charge is -2.36. The van der Waals surface area contributed by atoms with Crippen LogP contribution in [0.25, 0.3) is 11.0 Å². The molecule has 1 aromatic heterocycles. The average molecular weight is 369 g/mol. The van der Waals surface area contributed by atoms with Crippen molar-refractivity contribution in [2.75, 3.05) is 39.3 Å². The molecule has 2 aromatic rings. The predicted molar refractivity (Wildman–Crippen MR) is 105 cm³/mol. The van der Waals surface area contributed by atoms with E-state index in [1.807, 2.05) is 29.7 Å². The van der Waals surface area contributed by atoms with Crippen molar-refractivity contribution >= 4 is 17.0 Å². The molecule has 1 aromatic carbocycles. The van der Waals surface area contributed by atoms with Gasteiger partial charge in [-0.2, -0.15) is 0 Å². The van der Waals surface area contributed by atoms with Gasteiger partial charge in [-0.25, -0.2) is 9.59 Å². The monoisotopic (exact) mass is 369 g/mol. The number of fused-ring (bicyclic) bond motifs is 1. The van der Waals surface area contributed by atoms with Crippen LogP contribution in [0.3, 0.4) is 0 Å². The molecule has 0 N–H and O–H groups in total. The molecule has 2 amide bonds. The maximum atomic E-state index is 12.5. The summed E-state index contributed by atoms with van der Waals surface area (Å²) in [7, 11) is 0. The van der Waals surface area contributed by atoms with E-state index in [1.165, 1.54) is 0 Å². The number of hydrogen-bond acceptors (Lipinski definition) is 4. The van der Waals surface area contributed by atoms with Crippen molar-refractivity contribution in [1.29, 1.82) is 0 Å². The second-order valence-electron chi connectivity index (χ2n) is 7.71. The van der Waals surface area contributed by atoms with Gasteiger partial charge in [0.2, 0.25) is 0 Å². The minimum Gasteiger partial charge on any atom is -0.422 e. The highest BCUT2D eigenvalue weighted by Crippen LogP contribution is 2.24. The molecule has 0 unspecified atom stereocenters. The Morgan fingerprint density at radius 3 is 2.37 bits per heavy atom. The van der Waals surface area contributed by atoms with Crippen LogP contribution in [0.2, 0.25) is 0 Å². The number of rotatable bonds is 2. The van der Waals surface area contributed by atoms with E-state index in [4.69, 9.17) is 4.42 Å². The highest BCUT2D eigenvalue weighted by molar-refractivity contribution is 5.83. The normalized spacial score (nSPS) is 18.4. The van der Waals surface area contributed by atoms with Gasteiger partial charge in [-0.1, -0.05) is 12.1 Å². The van der Waals surface area contributed by atoms with Crippen LogP contribution in [0, 0.1) is 13.8 Å². The minimum absolute atomic E-state index is 0.184. The first-order valence-electron chi connectivity index (χ1n) is 9.82. The number of likely N-dealkylation sites (tertiary alicyclic amines) is 1. The maximum absolute atomic E-state index is 12.5. The van der Waals surface area contributed by atoms with Gasteiger partial charge in [0, 0.05) is 57.3 Å². The average Bonchev–Trinajstić information content (AvgIpc) is 3.20. The minimum atomic E-state index is -0.297. The van der Waals surface area contributed by atoms with Crippen LogP contribution >= 0.6 is 0 Å². The lowest BCUT2D eigenvalue weighted by atomic mass is 10.0. The number of benzene rings is 1. The van der Waals surface area contributed by atoms with Crippen molar-refractivity contribution in [2.24, 2.45) is 0 Å². The number of carbonyl (C=O) groups is 1. The highest BCUT2D eigenvalue weighted by atomic mass is 16.4. The summed E-state index contributed by atoms with van der Waals surface area (Å²) < 4.78 is 5.48. The van der Waals surface area contributed by atoms with E-state index in [9.17, 15) is 9.59 Å². The Kier molecular flexibility index (Phi) is 4.91. The van der Waals surface area contributed by atoms with E-state index in [1.54, 1.807) is 6.07 Å². The third kappa shape index (κ3) is 3.58. The molecule has 0 saturated carbocycles. The molecule has 4 rings (SSSR count). The molecule has 2 saturated heterocycles. The molecule has 0 spiro atoms. The summed E-state index contributed by atoms with van der Waals surface area (Å²) in [6.45, 7) is 9.65. The molecule has 6 nitrogen and oxygen atoms in total. The van der Waals surface area contributed by atoms with Gasteiger partial charge in [-0.3, -0.25) is 4.90 Å². The second-order valence-corrected chi connectivity index (χ2v) is 7.71. The van der Waals surface area contributed by atoms with Gasteiger partial charge < -0.3 is 14.2 Å². The summed E-state index contributed by atoms with van der Waals surface area (Å²) in [5.41, 5.74) is 3.54. The lowest BCUT2D eigenvalue weighted by molar-refractivity contribution is 0.115. The Morgan fingerprint density at radius 1 is 1.00 bits per heavy atom. The highest BCUT2D eigenvalue weighted by Gasteiger charge is 2.27. The quantitative estimate of drug-likeness (QED) is 0.764. The molecule has 3 heterocycles. The van der Waals surface area contributed by atoms with Gasteiger partial charge in [-0.05, 0) is 43.4 Å². The Bertz CT molecular complexity index is 907. The zero-order valence-corrected chi connectivity index (χ0v) is 16.2. The van der Waals surface area contributed by atoms with Gasteiger partial charge >= 0.3 is 11.7 Å². The molecule has 144 valence electrons. The Morgan fingerprint density at radius 2 is 1.67 bits per heavy atom. The van der Waals surface area contributed by atoms with Gasteiger partial charge in [0.1, 0.15) is 5.58 Å². The van der Waals surface area contributed by atoms with E-state index in [0.717, 1.165) is 74.2 Å². The number of hydrogen-bond donors (Lipinski definition) is 0. The fourth-order valence-corrected chi connectivity index (χ4v) is 4.10. The van der Waals surface area contributed by atoms with E-state index in [0.29, 0.717) is 12.1 Å². The number of carbonyl (C=O) groups excluding carboxylic acids is 1. The third-order valence-corrected chi connectivity index (χ3v) is 5.93. The molecule has 0 aliphatic carbocycles. The van der Waals surface area contributed by atoms with E-state index in [-0.39, 0.29) is 11.7 Å². The molecule has 2 aliphatic heterocycles. The van der Waals surface area contributed by atoms with Crippen LogP contribution in [0.5, 0.6) is 0 Å². The standard InChI is InChI=1S/C21H27N3O3/c1-15-5-6-18-17(13-19(25)27-20(18)16(15)2)14-22-9-11-24(12-10-22)21(26)23-7-3-4-8-23/h5-6,13H,3-4,7-12,14H2,1-2H3. The summed E-state index contributed by atoms with van der Waals surface area (Å²) in [6.07, 6.45) is 2.24. The SMILES string of the molecule is Cc1ccc2c(CN3CCN(C(=O)N4CCCC4)CC3)cc(=O)oc2c1C. The Balaban J connectivity index is 1.47. The van der Waals surface area contributed by atoms with Crippen LogP contribution in [0.4, 0.5) is 4.79 Å². The van der Waals surface area contributed by atoms with Crippen molar-refractivity contribution in [3.05, 3.63) is 45.3 Å². The van der Waals surface area contributed by atoms with Crippen LogP contribution < -0.4 is 5.63 Å². The third-order valence-electron chi connectivity index (χ3n) is 5.93. The van der Waals surface area contributed by atoms with Crippen molar-refractivity contribution < 1.29 is 9.21 Å². The summed E-state index contributed by atoms with van der Waals surface area (Å²) in [5.74, 6) is 0. The molecule has 2 aliphatic rings. The number of amides is 2. The van der Waals surface area contributed by atoms with Gasteiger partial charge in [-0.15, -0.1) is 0 Å². The fraction of sp³-hybridized carbons (Fsp3) is 0.524. The van der Waals surface area contributed by atoms with Crippen LogP contribution in [-0.4, -0.2) is 60.0 Å². The summed E-state index contributed by atoms with van der Waals surface area (Å²) in [4.78, 5) is 30.8. The van der Waals surface area contributed by atoms with Crippen molar-refractivity contribution in [1.82, 2.24) is 14.7 Å². The molecule has 6 heteroatoms. The Hall–Kier alpha value is -2.34. The first-order valence-corrected chi connectivity index (χ1v) is 9.82. The second kappa shape index (κ2) is 7.35. The smallest absolute Gasteiger partial charge is 0.336 e. The first-order chi connectivity index (χ1) is 13.0. The van der Waals surface area contributed by atoms with Crippen molar-refractivity contribution in [3.63, 3.8) is 0 Å². The number of piperazine rings is 1. The van der Waals surface area contributed by atoms with Crippen LogP contribution in [0.15, 0.2) is 27.4 Å². The maximum Gasteiger partial charge on any atom is 0.336 e. The summed E-state index contributed by atoms with van der Waals surface area (Å²) in [5, 5.41) is 1.01.